The van der Waals surface area contributed by atoms with Crippen LogP contribution in [-0.4, -0.2) is 25.0 Å². The Bertz CT molecular complexity index is 802. The predicted molar refractivity (Wildman–Crippen MR) is 114 cm³/mol. The number of nitrogens with one attached hydrogen (secondary N) is 2. The molecule has 1 aliphatic heterocycles. The Labute approximate surface area is 167 Å². The van der Waals surface area contributed by atoms with Gasteiger partial charge in [0.2, 0.25) is 5.91 Å². The van der Waals surface area contributed by atoms with Crippen molar-refractivity contribution in [2.24, 2.45) is 0 Å². The number of hydrogen-bond acceptors (Lipinski definition) is 2. The van der Waals surface area contributed by atoms with Crippen molar-refractivity contribution in [3.63, 3.8) is 0 Å². The number of benzene rings is 2. The van der Waals surface area contributed by atoms with E-state index in [1.807, 2.05) is 47.4 Å². The van der Waals surface area contributed by atoms with Crippen molar-refractivity contribution in [3.8, 4) is 0 Å². The Morgan fingerprint density at radius 2 is 1.82 bits per heavy atom. The molecular formula is C23H29N3O2. The van der Waals surface area contributed by atoms with Gasteiger partial charge in [0, 0.05) is 24.5 Å². The summed E-state index contributed by atoms with van der Waals surface area (Å²) < 4.78 is 0. The number of unbranched alkanes of at least 4 members (excludes halogenated alkanes) is 1. The Hall–Kier alpha value is -2.82. The van der Waals surface area contributed by atoms with Gasteiger partial charge in [-0.3, -0.25) is 9.69 Å². The molecule has 0 aliphatic carbocycles. The molecule has 1 heterocycles. The van der Waals surface area contributed by atoms with E-state index in [0.29, 0.717) is 6.42 Å². The number of fused-ring (bicyclic) bond motifs is 1. The van der Waals surface area contributed by atoms with Crippen molar-refractivity contribution in [1.82, 2.24) is 5.32 Å². The molecule has 5 nitrogen and oxygen atoms in total. The van der Waals surface area contributed by atoms with E-state index in [2.05, 4.69) is 23.6 Å². The fraction of sp³-hybridized carbons (Fsp3) is 0.391. The smallest absolute Gasteiger partial charge is 0.326 e. The maximum Gasteiger partial charge on any atom is 0.326 e. The number of anilines is 2. The monoisotopic (exact) mass is 379 g/mol. The number of nitrogens with zero attached hydrogens (tertiary/aromatic N) is 1. The average Bonchev–Trinajstić information content (AvgIpc) is 2.92. The lowest BCUT2D eigenvalue weighted by atomic mass is 10.1. The number of urea groups is 1. The first-order valence-electron chi connectivity index (χ1n) is 10.2. The lowest BCUT2D eigenvalue weighted by molar-refractivity contribution is -0.120. The Kier molecular flexibility index (Phi) is 7.06. The van der Waals surface area contributed by atoms with Gasteiger partial charge in [-0.2, -0.15) is 0 Å². The zero-order valence-corrected chi connectivity index (χ0v) is 16.5. The van der Waals surface area contributed by atoms with Crippen LogP contribution >= 0.6 is 0 Å². The molecular weight excluding hydrogens is 350 g/mol. The first-order valence-corrected chi connectivity index (χ1v) is 10.2. The normalized spacial score (nSPS) is 13.4. The van der Waals surface area contributed by atoms with Crippen molar-refractivity contribution < 1.29 is 9.59 Å². The number of para-hydroxylation sites is 1. The first-order chi connectivity index (χ1) is 13.7. The topological polar surface area (TPSA) is 61.4 Å². The van der Waals surface area contributed by atoms with Crippen LogP contribution in [0.5, 0.6) is 0 Å². The molecule has 0 fully saturated rings. The van der Waals surface area contributed by atoms with Gasteiger partial charge in [-0.25, -0.2) is 4.79 Å². The quantitative estimate of drug-likeness (QED) is 0.725. The van der Waals surface area contributed by atoms with Crippen LogP contribution in [0.4, 0.5) is 16.2 Å². The Balaban J connectivity index is 1.60. The van der Waals surface area contributed by atoms with Gasteiger partial charge >= 0.3 is 6.03 Å². The summed E-state index contributed by atoms with van der Waals surface area (Å²) in [7, 11) is 0. The van der Waals surface area contributed by atoms with Crippen LogP contribution in [0.1, 0.15) is 43.7 Å². The van der Waals surface area contributed by atoms with Crippen molar-refractivity contribution >= 4 is 23.3 Å². The van der Waals surface area contributed by atoms with Crippen LogP contribution < -0.4 is 15.5 Å². The molecule has 0 unspecified atom stereocenters. The first kappa shape index (κ1) is 19.9. The Morgan fingerprint density at radius 3 is 2.61 bits per heavy atom. The molecule has 0 saturated heterocycles. The molecule has 0 bridgehead atoms. The highest BCUT2D eigenvalue weighted by Gasteiger charge is 2.20. The highest BCUT2D eigenvalue weighted by Crippen LogP contribution is 2.26. The summed E-state index contributed by atoms with van der Waals surface area (Å²) in [6, 6.07) is 15.5. The van der Waals surface area contributed by atoms with Gasteiger partial charge in [-0.1, -0.05) is 43.7 Å². The van der Waals surface area contributed by atoms with Gasteiger partial charge in [-0.05, 0) is 55.0 Å². The van der Waals surface area contributed by atoms with Crippen molar-refractivity contribution in [1.29, 1.82) is 0 Å². The molecule has 3 rings (SSSR count). The SMILES string of the molecule is CCCCNC(=O)Cc1ccc(NC(=O)N2CCCCc3ccccc32)cc1. The van der Waals surface area contributed by atoms with E-state index >= 15 is 0 Å². The molecule has 0 saturated carbocycles. The zero-order valence-electron chi connectivity index (χ0n) is 16.5. The minimum atomic E-state index is -0.112. The molecule has 2 aromatic carbocycles. The summed E-state index contributed by atoms with van der Waals surface area (Å²) in [5.41, 5.74) is 3.89. The van der Waals surface area contributed by atoms with E-state index in [1.54, 1.807) is 0 Å². The summed E-state index contributed by atoms with van der Waals surface area (Å²) in [6.45, 7) is 3.54. The van der Waals surface area contributed by atoms with Crippen molar-refractivity contribution in [2.45, 2.75) is 45.4 Å². The fourth-order valence-electron chi connectivity index (χ4n) is 3.45. The van der Waals surface area contributed by atoms with Gasteiger partial charge in [0.05, 0.1) is 6.42 Å². The molecule has 0 spiro atoms. The van der Waals surface area contributed by atoms with Gasteiger partial charge < -0.3 is 10.6 Å². The van der Waals surface area contributed by atoms with E-state index < -0.39 is 0 Å². The molecule has 2 N–H and O–H groups in total. The number of aryl methyl sites for hydroxylation is 1. The highest BCUT2D eigenvalue weighted by atomic mass is 16.2. The number of amides is 3. The molecule has 3 amide bonds. The molecule has 0 aromatic heterocycles. The van der Waals surface area contributed by atoms with Crippen LogP contribution in [-0.2, 0) is 17.6 Å². The zero-order chi connectivity index (χ0) is 19.8. The van der Waals surface area contributed by atoms with Crippen LogP contribution in [0.15, 0.2) is 48.5 Å². The summed E-state index contributed by atoms with van der Waals surface area (Å²) in [4.78, 5) is 26.6. The van der Waals surface area contributed by atoms with Crippen molar-refractivity contribution in [3.05, 3.63) is 59.7 Å². The van der Waals surface area contributed by atoms with Crippen molar-refractivity contribution in [2.75, 3.05) is 23.3 Å². The number of hydrogen-bond donors (Lipinski definition) is 2. The summed E-state index contributed by atoms with van der Waals surface area (Å²) in [5.74, 6) is 0.0337. The molecule has 148 valence electrons. The van der Waals surface area contributed by atoms with E-state index in [0.717, 1.165) is 62.1 Å². The molecule has 0 atom stereocenters. The number of carbonyl (C=O) groups is 2. The third kappa shape index (κ3) is 5.35. The maximum atomic E-state index is 12.8. The van der Waals surface area contributed by atoms with Gasteiger partial charge in [-0.15, -0.1) is 0 Å². The van der Waals surface area contributed by atoms with Crippen LogP contribution in [0.25, 0.3) is 0 Å². The van der Waals surface area contributed by atoms with Gasteiger partial charge in [0.25, 0.3) is 0 Å². The van der Waals surface area contributed by atoms with Gasteiger partial charge in [0.15, 0.2) is 0 Å². The summed E-state index contributed by atoms with van der Waals surface area (Å²) >= 11 is 0. The standard InChI is InChI=1S/C23H29N3O2/c1-2-3-15-24-22(27)17-18-11-13-20(14-12-18)25-23(28)26-16-7-6-9-19-8-4-5-10-21(19)26/h4-5,8,10-14H,2-3,6-7,9,15-17H2,1H3,(H,24,27)(H,25,28). The van der Waals surface area contributed by atoms with E-state index in [1.165, 1.54) is 5.56 Å². The largest absolute Gasteiger partial charge is 0.356 e. The Morgan fingerprint density at radius 1 is 1.04 bits per heavy atom. The summed E-state index contributed by atoms with van der Waals surface area (Å²) in [6.07, 6.45) is 5.52. The average molecular weight is 380 g/mol. The maximum absolute atomic E-state index is 12.8. The van der Waals surface area contributed by atoms with Crippen LogP contribution in [0.2, 0.25) is 0 Å². The molecule has 5 heteroatoms. The van der Waals surface area contributed by atoms with Gasteiger partial charge in [0.1, 0.15) is 0 Å². The van der Waals surface area contributed by atoms with E-state index in [9.17, 15) is 9.59 Å². The molecule has 1 aliphatic rings. The molecule has 28 heavy (non-hydrogen) atoms. The number of rotatable bonds is 6. The minimum Gasteiger partial charge on any atom is -0.356 e. The third-order valence-corrected chi connectivity index (χ3v) is 5.03. The molecule has 2 aromatic rings. The van der Waals surface area contributed by atoms with E-state index in [-0.39, 0.29) is 11.9 Å². The van der Waals surface area contributed by atoms with E-state index in [4.69, 9.17) is 0 Å². The fourth-order valence-corrected chi connectivity index (χ4v) is 3.45. The number of carbonyl (C=O) groups excluding carboxylic acids is 2. The molecule has 0 radical (unpaired) electrons. The van der Waals surface area contributed by atoms with Crippen LogP contribution in [0.3, 0.4) is 0 Å². The van der Waals surface area contributed by atoms with Crippen LogP contribution in [0, 0.1) is 0 Å². The second kappa shape index (κ2) is 9.93. The second-order valence-electron chi connectivity index (χ2n) is 7.24. The minimum absolute atomic E-state index is 0.0337. The third-order valence-electron chi connectivity index (χ3n) is 5.03. The lowest BCUT2D eigenvalue weighted by Crippen LogP contribution is -2.35. The second-order valence-corrected chi connectivity index (χ2v) is 7.24. The predicted octanol–water partition coefficient (Wildman–Crippen LogP) is 4.52. The lowest BCUT2D eigenvalue weighted by Gasteiger charge is -2.23. The summed E-state index contributed by atoms with van der Waals surface area (Å²) in [5, 5.41) is 5.91. The highest BCUT2D eigenvalue weighted by molar-refractivity contribution is 6.02.